The summed E-state index contributed by atoms with van der Waals surface area (Å²) in [7, 11) is -14.4. The van der Waals surface area contributed by atoms with Crippen LogP contribution in [0.2, 0.25) is 0 Å². The number of hydrogen-bond donors (Lipinski definition) is 7. The van der Waals surface area contributed by atoms with Crippen molar-refractivity contribution < 1.29 is 48.2 Å². The van der Waals surface area contributed by atoms with Crippen LogP contribution in [0.4, 0.5) is 0 Å². The van der Waals surface area contributed by atoms with Crippen LogP contribution in [-0.2, 0) is 13.7 Å². The van der Waals surface area contributed by atoms with Crippen molar-refractivity contribution in [2.75, 3.05) is 45.1 Å². The van der Waals surface area contributed by atoms with Crippen molar-refractivity contribution >= 4 is 22.8 Å². The number of nitrogens with zero attached hydrogens (tertiary/aromatic N) is 2. The number of rotatable bonds is 11. The van der Waals surface area contributed by atoms with E-state index in [0.717, 1.165) is 4.90 Å². The van der Waals surface area contributed by atoms with Gasteiger partial charge in [-0.1, -0.05) is 0 Å². The van der Waals surface area contributed by atoms with E-state index >= 15 is 0 Å². The van der Waals surface area contributed by atoms with Gasteiger partial charge in [0.15, 0.2) is 0 Å². The first kappa shape index (κ1) is 32.8. The van der Waals surface area contributed by atoms with Crippen LogP contribution in [0.3, 0.4) is 0 Å². The van der Waals surface area contributed by atoms with Crippen molar-refractivity contribution in [1.82, 2.24) is 28.3 Å². The van der Waals surface area contributed by atoms with E-state index in [9.17, 15) is 28.4 Å². The fraction of sp³-hybridized carbons (Fsp3) is 1.00. The molecule has 0 spiro atoms. The molecule has 0 heterocycles. The topological polar surface area (TPSA) is 317 Å². The first-order valence-electron chi connectivity index (χ1n) is 5.86. The molecule has 158 valence electrons. The van der Waals surface area contributed by atoms with Gasteiger partial charge in [0, 0.05) is 19.6 Å². The lowest BCUT2D eigenvalue weighted by Gasteiger charge is -2.33. The Morgan fingerprint density at radius 3 is 1.20 bits per heavy atom. The highest BCUT2D eigenvalue weighted by atomic mass is 31.2. The molecule has 0 aliphatic rings. The van der Waals surface area contributed by atoms with Gasteiger partial charge < -0.3 is 66.6 Å². The van der Waals surface area contributed by atoms with Crippen molar-refractivity contribution in [1.29, 1.82) is 0 Å². The fourth-order valence-corrected chi connectivity index (χ4v) is 4.06. The second-order valence-corrected chi connectivity index (χ2v) is 9.25. The molecular formula is C7H30N5O10P3. The summed E-state index contributed by atoms with van der Waals surface area (Å²) in [5.74, 6) is 0. The number of aliphatic hydroxyl groups is 1. The van der Waals surface area contributed by atoms with Crippen LogP contribution in [0.25, 0.3) is 0 Å². The molecule has 0 fully saturated rings. The van der Waals surface area contributed by atoms with E-state index in [1.807, 2.05) is 0 Å². The van der Waals surface area contributed by atoms with E-state index in [-0.39, 0.29) is 38.1 Å². The van der Waals surface area contributed by atoms with Crippen LogP contribution in [0.15, 0.2) is 0 Å². The van der Waals surface area contributed by atoms with Crippen molar-refractivity contribution in [3.63, 3.8) is 0 Å². The lowest BCUT2D eigenvalue weighted by atomic mass is 10.5. The number of aliphatic hydroxyl groups excluding tert-OH is 1. The molecule has 0 radical (unpaired) electrons. The molecule has 0 aliphatic heterocycles. The molecule has 16 N–H and O–H groups in total. The smallest absolute Gasteiger partial charge is 0.146 e. The Bertz CT molecular complexity index is 454. The van der Waals surface area contributed by atoms with Crippen LogP contribution in [0.1, 0.15) is 0 Å². The molecule has 3 unspecified atom stereocenters. The second-order valence-electron chi connectivity index (χ2n) is 4.57. The first-order chi connectivity index (χ1) is 9.72. The molecule has 0 aliphatic carbocycles. The highest BCUT2D eigenvalue weighted by Crippen LogP contribution is 2.36. The molecule has 0 rings (SSSR count). The average molecular weight is 437 g/mol. The Balaban J connectivity index is -0.000000735. The zero-order valence-corrected chi connectivity index (χ0v) is 17.1. The predicted octanol–water partition coefficient (Wildman–Crippen LogP) is -2.78. The van der Waals surface area contributed by atoms with E-state index in [2.05, 4.69) is 0 Å². The van der Waals surface area contributed by atoms with Gasteiger partial charge in [0.1, 0.15) is 22.8 Å². The van der Waals surface area contributed by atoms with Gasteiger partial charge in [-0.25, -0.2) is 0 Å². The van der Waals surface area contributed by atoms with Crippen LogP contribution >= 0.6 is 22.8 Å². The number of quaternary nitrogens is 3. The minimum atomic E-state index is -4.85. The summed E-state index contributed by atoms with van der Waals surface area (Å²) < 4.78 is 32.4. The summed E-state index contributed by atoms with van der Waals surface area (Å²) in [6, 6.07) is 0. The summed E-state index contributed by atoms with van der Waals surface area (Å²) in [5, 5.41) is 8.77. The predicted molar refractivity (Wildman–Crippen MR) is 87.4 cm³/mol. The quantitative estimate of drug-likeness (QED) is 0.161. The molecule has 25 heavy (non-hydrogen) atoms. The maximum atomic E-state index is 10.8. The average Bonchev–Trinajstić information content (AvgIpc) is 2.19. The molecular weight excluding hydrogens is 407 g/mol. The molecule has 0 bridgehead atoms. The highest BCUT2D eigenvalue weighted by molar-refractivity contribution is 7.51. The Labute approximate surface area is 145 Å². The maximum Gasteiger partial charge on any atom is 0.146 e. The van der Waals surface area contributed by atoms with Gasteiger partial charge in [-0.15, -0.1) is 0 Å². The maximum absolute atomic E-state index is 10.8. The van der Waals surface area contributed by atoms with Gasteiger partial charge in [0.25, 0.3) is 0 Å². The van der Waals surface area contributed by atoms with Gasteiger partial charge in [0.05, 0.1) is 25.5 Å². The Hall–Kier alpha value is 0.210. The fourth-order valence-electron chi connectivity index (χ4n) is 1.62. The standard InChI is InChI=1S/C7H21N2O10P3.3H3N/c10-4-3-8(5-20(11,12)13)1-2-9(6-21(14,15)16)7-22(17,18)19;;;/h10H,1-7H2,(H2,11,12,13)(H2,14,15,16)(H2,17,18,19);3*1H3. The molecule has 0 saturated heterocycles. The van der Waals surface area contributed by atoms with Crippen molar-refractivity contribution in [3.05, 3.63) is 0 Å². The third-order valence-electron chi connectivity index (χ3n) is 2.28. The van der Waals surface area contributed by atoms with E-state index < -0.39 is 48.3 Å². The molecule has 0 aromatic heterocycles. The minimum absolute atomic E-state index is 0. The van der Waals surface area contributed by atoms with E-state index in [4.69, 9.17) is 19.8 Å². The van der Waals surface area contributed by atoms with Gasteiger partial charge in [-0.3, -0.25) is 9.80 Å². The van der Waals surface area contributed by atoms with E-state index in [1.165, 1.54) is 0 Å². The molecule has 3 atom stereocenters. The SMILES string of the molecule is O=P([O-])(O)CN(CCO)CCN(CP(=O)([O-])O)CP(=O)([O-])O.[NH4+].[NH4+].[NH4+]. The summed E-state index contributed by atoms with van der Waals surface area (Å²) in [6.45, 7) is -1.24. The van der Waals surface area contributed by atoms with Crippen molar-refractivity contribution in [3.8, 4) is 0 Å². The van der Waals surface area contributed by atoms with E-state index in [0.29, 0.717) is 4.90 Å². The third kappa shape index (κ3) is 22.2. The van der Waals surface area contributed by atoms with Crippen LogP contribution in [0, 0.1) is 0 Å². The van der Waals surface area contributed by atoms with Gasteiger partial charge >= 0.3 is 0 Å². The van der Waals surface area contributed by atoms with Crippen molar-refractivity contribution in [2.45, 2.75) is 0 Å². The van der Waals surface area contributed by atoms with E-state index in [1.54, 1.807) is 0 Å². The van der Waals surface area contributed by atoms with Crippen LogP contribution in [0.5, 0.6) is 0 Å². The second kappa shape index (κ2) is 13.4. The monoisotopic (exact) mass is 437 g/mol. The summed E-state index contributed by atoms with van der Waals surface area (Å²) >= 11 is 0. The largest absolute Gasteiger partial charge is 0.778 e. The normalized spacial score (nSPS) is 18.1. The zero-order chi connectivity index (χ0) is 17.6. The number of hydrogen-bond acceptors (Lipinski definition) is 9. The Morgan fingerprint density at radius 2 is 0.920 bits per heavy atom. The van der Waals surface area contributed by atoms with Crippen LogP contribution in [-0.4, -0.2) is 74.7 Å². The lowest BCUT2D eigenvalue weighted by molar-refractivity contribution is -0.199. The Morgan fingerprint density at radius 1 is 0.640 bits per heavy atom. The third-order valence-corrected chi connectivity index (χ3v) is 4.56. The minimum Gasteiger partial charge on any atom is -0.778 e. The molecule has 15 nitrogen and oxygen atoms in total. The van der Waals surface area contributed by atoms with Gasteiger partial charge in [0.2, 0.25) is 0 Å². The van der Waals surface area contributed by atoms with Crippen LogP contribution < -0.4 is 33.1 Å². The first-order valence-corrected chi connectivity index (χ1v) is 11.1. The summed E-state index contributed by atoms with van der Waals surface area (Å²) in [4.78, 5) is 60.3. The Kier molecular flexibility index (Phi) is 17.6. The molecule has 18 heteroatoms. The van der Waals surface area contributed by atoms with Gasteiger partial charge in [-0.2, -0.15) is 0 Å². The molecule has 0 amide bonds. The lowest BCUT2D eigenvalue weighted by Crippen LogP contribution is -2.39. The molecule has 0 aromatic rings. The molecule has 0 aromatic carbocycles. The highest BCUT2D eigenvalue weighted by Gasteiger charge is 2.18. The summed E-state index contributed by atoms with van der Waals surface area (Å²) in [6.07, 6.45) is -2.97. The van der Waals surface area contributed by atoms with Crippen molar-refractivity contribution in [2.24, 2.45) is 0 Å². The summed E-state index contributed by atoms with van der Waals surface area (Å²) in [5.41, 5.74) is 0. The zero-order valence-electron chi connectivity index (χ0n) is 14.4. The molecule has 0 saturated carbocycles. The van der Waals surface area contributed by atoms with Gasteiger partial charge in [-0.05, 0) is 0 Å².